The molecule has 4 nitrogen and oxygen atoms in total. The number of ether oxygens (including phenoxy) is 4. The van der Waals surface area contributed by atoms with E-state index in [1.807, 2.05) is 0 Å². The summed E-state index contributed by atoms with van der Waals surface area (Å²) in [5, 5.41) is 2.76. The summed E-state index contributed by atoms with van der Waals surface area (Å²) >= 11 is 0. The molecule has 10 aliphatic rings. The van der Waals surface area contributed by atoms with Gasteiger partial charge in [-0.25, -0.2) is 0 Å². The van der Waals surface area contributed by atoms with E-state index in [1.54, 1.807) is 11.1 Å². The van der Waals surface area contributed by atoms with Gasteiger partial charge in [-0.15, -0.1) is 0 Å². The maximum atomic E-state index is 7.14. The molecule has 0 amide bonds. The molecule has 2 saturated heterocycles. The SMILES string of the molecule is c1cc(OCC2CO2)c2cc(C34CC5CC(CC(C5)C3)C4)c(OCC3CO3)c(C34CC5CC(CC(C5)C3)C4)c2c1. The number of fused-ring (bicyclic) bond motifs is 1. The molecule has 2 aliphatic heterocycles. The highest BCUT2D eigenvalue weighted by atomic mass is 16.6. The largest absolute Gasteiger partial charge is 0.490 e. The van der Waals surface area contributed by atoms with Gasteiger partial charge in [-0.2, -0.15) is 0 Å². The number of rotatable bonds is 8. The van der Waals surface area contributed by atoms with Crippen LogP contribution in [-0.4, -0.2) is 38.6 Å². The lowest BCUT2D eigenvalue weighted by Gasteiger charge is -2.59. The molecule has 212 valence electrons. The van der Waals surface area contributed by atoms with Gasteiger partial charge in [0.15, 0.2) is 0 Å². The zero-order valence-electron chi connectivity index (χ0n) is 23.9. The molecule has 2 atom stereocenters. The second-order valence-electron chi connectivity index (χ2n) is 15.9. The molecule has 2 heterocycles. The molecule has 12 rings (SSSR count). The van der Waals surface area contributed by atoms with Gasteiger partial charge in [0.25, 0.3) is 0 Å². The van der Waals surface area contributed by atoms with E-state index in [9.17, 15) is 0 Å². The molecule has 2 unspecified atom stereocenters. The van der Waals surface area contributed by atoms with Gasteiger partial charge in [0, 0.05) is 21.9 Å². The van der Waals surface area contributed by atoms with Crippen molar-refractivity contribution in [3.05, 3.63) is 35.4 Å². The average molecular weight is 541 g/mol. The van der Waals surface area contributed by atoms with Crippen LogP contribution in [0.4, 0.5) is 0 Å². The first-order chi connectivity index (χ1) is 19.6. The maximum Gasteiger partial charge on any atom is 0.127 e. The molecular formula is C36H44O4. The van der Waals surface area contributed by atoms with E-state index >= 15 is 0 Å². The average Bonchev–Trinajstić information content (AvgIpc) is 3.84. The smallest absolute Gasteiger partial charge is 0.127 e. The van der Waals surface area contributed by atoms with Crippen LogP contribution in [0.5, 0.6) is 11.5 Å². The number of hydrogen-bond acceptors (Lipinski definition) is 4. The molecule has 8 bridgehead atoms. The van der Waals surface area contributed by atoms with E-state index in [-0.39, 0.29) is 23.0 Å². The summed E-state index contributed by atoms with van der Waals surface area (Å²) in [7, 11) is 0. The minimum absolute atomic E-state index is 0.253. The Morgan fingerprint density at radius 2 is 1.12 bits per heavy atom. The van der Waals surface area contributed by atoms with E-state index in [0.29, 0.717) is 13.2 Å². The van der Waals surface area contributed by atoms with Gasteiger partial charge in [-0.1, -0.05) is 12.1 Å². The van der Waals surface area contributed by atoms with Crippen LogP contribution in [0.1, 0.15) is 88.2 Å². The third-order valence-electron chi connectivity index (χ3n) is 12.9. The molecule has 8 saturated carbocycles. The van der Waals surface area contributed by atoms with Crippen LogP contribution in [-0.2, 0) is 20.3 Å². The van der Waals surface area contributed by atoms with Crippen LogP contribution in [0.15, 0.2) is 24.3 Å². The van der Waals surface area contributed by atoms with Gasteiger partial charge >= 0.3 is 0 Å². The van der Waals surface area contributed by atoms with Gasteiger partial charge in [0.05, 0.1) is 13.2 Å². The second-order valence-corrected chi connectivity index (χ2v) is 15.9. The Kier molecular flexibility index (Phi) is 4.99. The van der Waals surface area contributed by atoms with Crippen LogP contribution in [0, 0.1) is 35.5 Å². The monoisotopic (exact) mass is 540 g/mol. The molecule has 0 radical (unpaired) electrons. The van der Waals surface area contributed by atoms with Gasteiger partial charge in [-0.3, -0.25) is 0 Å². The molecule has 10 fully saturated rings. The predicted molar refractivity (Wildman–Crippen MR) is 154 cm³/mol. The molecule has 4 heteroatoms. The summed E-state index contributed by atoms with van der Waals surface area (Å²) in [6.07, 6.45) is 17.5. The summed E-state index contributed by atoms with van der Waals surface area (Å²) < 4.78 is 25.0. The minimum Gasteiger partial charge on any atom is -0.490 e. The van der Waals surface area contributed by atoms with Gasteiger partial charge in [-0.05, 0) is 135 Å². The fourth-order valence-corrected chi connectivity index (χ4v) is 12.1. The first kappa shape index (κ1) is 23.7. The Labute approximate surface area is 238 Å². The fourth-order valence-electron chi connectivity index (χ4n) is 12.1. The molecule has 2 aromatic carbocycles. The molecule has 0 aromatic heterocycles. The van der Waals surface area contributed by atoms with Crippen molar-refractivity contribution in [2.45, 2.75) is 100 Å². The summed E-state index contributed by atoms with van der Waals surface area (Å²) in [6.45, 7) is 3.06. The van der Waals surface area contributed by atoms with Crippen molar-refractivity contribution in [2.24, 2.45) is 35.5 Å². The minimum atomic E-state index is 0.253. The highest BCUT2D eigenvalue weighted by Gasteiger charge is 2.56. The standard InChI is InChI=1S/C36H44O4/c1-2-29-30(32(3-1)39-19-27-17-37-27)10-31(35-11-21-4-22(12-35)6-23(5-21)13-35)34(40-20-28-18-38-28)33(29)36-14-24-7-25(15-36)9-26(8-24)16-36/h1-3,10,21-28H,4-9,11-20H2. The summed E-state index contributed by atoms with van der Waals surface area (Å²) in [4.78, 5) is 0. The third-order valence-corrected chi connectivity index (χ3v) is 12.9. The molecule has 0 spiro atoms. The maximum absolute atomic E-state index is 7.14. The van der Waals surface area contributed by atoms with Crippen molar-refractivity contribution < 1.29 is 18.9 Å². The lowest BCUT2D eigenvalue weighted by molar-refractivity contribution is -0.0103. The Hall–Kier alpha value is -1.78. The lowest BCUT2D eigenvalue weighted by atomic mass is 9.46. The van der Waals surface area contributed by atoms with Gasteiger partial charge < -0.3 is 18.9 Å². The van der Waals surface area contributed by atoms with Crippen molar-refractivity contribution in [1.29, 1.82) is 0 Å². The molecule has 0 N–H and O–H groups in total. The number of benzene rings is 2. The van der Waals surface area contributed by atoms with E-state index in [1.165, 1.54) is 93.6 Å². The second kappa shape index (κ2) is 8.40. The van der Waals surface area contributed by atoms with E-state index in [4.69, 9.17) is 18.9 Å². The first-order valence-electron chi connectivity index (χ1n) is 16.7. The quantitative estimate of drug-likeness (QED) is 0.329. The van der Waals surface area contributed by atoms with Crippen molar-refractivity contribution in [3.8, 4) is 11.5 Å². The summed E-state index contributed by atoms with van der Waals surface area (Å²) in [5.74, 6) is 7.77. The normalized spacial score (nSPS) is 45.3. The fraction of sp³-hybridized carbons (Fsp3) is 0.722. The zero-order chi connectivity index (χ0) is 26.1. The molecule has 8 aliphatic carbocycles. The van der Waals surface area contributed by atoms with E-state index in [0.717, 1.165) is 54.5 Å². The van der Waals surface area contributed by atoms with Crippen molar-refractivity contribution in [1.82, 2.24) is 0 Å². The highest BCUT2D eigenvalue weighted by Crippen LogP contribution is 2.67. The number of hydrogen-bond donors (Lipinski definition) is 0. The van der Waals surface area contributed by atoms with Crippen molar-refractivity contribution in [3.63, 3.8) is 0 Å². The van der Waals surface area contributed by atoms with Crippen LogP contribution < -0.4 is 9.47 Å². The van der Waals surface area contributed by atoms with Crippen molar-refractivity contribution >= 4 is 10.8 Å². The topological polar surface area (TPSA) is 43.5 Å². The number of epoxide rings is 2. The Morgan fingerprint density at radius 1 is 0.625 bits per heavy atom. The Morgan fingerprint density at radius 3 is 1.65 bits per heavy atom. The highest BCUT2D eigenvalue weighted by molar-refractivity contribution is 5.95. The van der Waals surface area contributed by atoms with Crippen molar-refractivity contribution in [2.75, 3.05) is 26.4 Å². The molecule has 2 aromatic rings. The summed E-state index contributed by atoms with van der Waals surface area (Å²) in [6, 6.07) is 9.45. The zero-order valence-corrected chi connectivity index (χ0v) is 23.9. The van der Waals surface area contributed by atoms with Gasteiger partial charge in [0.2, 0.25) is 0 Å². The molecule has 40 heavy (non-hydrogen) atoms. The van der Waals surface area contributed by atoms with Crippen LogP contribution in [0.2, 0.25) is 0 Å². The third kappa shape index (κ3) is 3.70. The van der Waals surface area contributed by atoms with Crippen LogP contribution >= 0.6 is 0 Å². The van der Waals surface area contributed by atoms with Crippen LogP contribution in [0.25, 0.3) is 10.8 Å². The van der Waals surface area contributed by atoms with Crippen LogP contribution in [0.3, 0.4) is 0 Å². The first-order valence-corrected chi connectivity index (χ1v) is 16.7. The summed E-state index contributed by atoms with van der Waals surface area (Å²) in [5.41, 5.74) is 3.67. The predicted octanol–water partition coefficient (Wildman–Crippen LogP) is 7.33. The Balaban J connectivity index is 1.21. The Bertz CT molecular complexity index is 1280. The van der Waals surface area contributed by atoms with E-state index in [2.05, 4.69) is 24.3 Å². The van der Waals surface area contributed by atoms with E-state index < -0.39 is 0 Å². The lowest BCUT2D eigenvalue weighted by Crippen LogP contribution is -2.50. The molecular weight excluding hydrogens is 496 g/mol. The van der Waals surface area contributed by atoms with Gasteiger partial charge in [0.1, 0.15) is 36.9 Å².